The molecule has 0 aliphatic rings. The van der Waals surface area contributed by atoms with Gasteiger partial charge in [0.1, 0.15) is 0 Å². The van der Waals surface area contributed by atoms with Crippen molar-refractivity contribution in [2.45, 2.75) is 65.8 Å². The zero-order chi connectivity index (χ0) is 16.9. The van der Waals surface area contributed by atoms with Crippen molar-refractivity contribution in [3.8, 4) is 11.5 Å². The van der Waals surface area contributed by atoms with Gasteiger partial charge in [-0.3, -0.25) is 0 Å². The molecule has 1 aromatic rings. The molecule has 0 aromatic heterocycles. The predicted molar refractivity (Wildman–Crippen MR) is 98.9 cm³/mol. The van der Waals surface area contributed by atoms with Crippen molar-refractivity contribution in [3.05, 3.63) is 22.7 Å². The van der Waals surface area contributed by atoms with E-state index in [1.807, 2.05) is 19.1 Å². The average Bonchev–Trinajstić information content (AvgIpc) is 2.53. The molecular formula is C19H32ClNO2. The largest absolute Gasteiger partial charge is 0.490 e. The minimum absolute atomic E-state index is 0.604. The van der Waals surface area contributed by atoms with Crippen molar-refractivity contribution < 1.29 is 9.47 Å². The summed E-state index contributed by atoms with van der Waals surface area (Å²) < 4.78 is 11.4. The lowest BCUT2D eigenvalue weighted by Crippen LogP contribution is -2.15. The summed E-state index contributed by atoms with van der Waals surface area (Å²) in [6.07, 6.45) is 7.44. The molecule has 0 saturated carbocycles. The van der Waals surface area contributed by atoms with Crippen molar-refractivity contribution in [1.82, 2.24) is 5.32 Å². The Kier molecular flexibility index (Phi) is 10.9. The standard InChI is InChI=1S/C19H32ClNO2/c1-4-7-8-9-10-11-21-15-16-13-17(20)19(23-12-5-2)18(14-16)22-6-3/h13-14,21H,4-12,15H2,1-3H3. The van der Waals surface area contributed by atoms with E-state index < -0.39 is 0 Å². The van der Waals surface area contributed by atoms with Crippen LogP contribution in [0.3, 0.4) is 0 Å². The van der Waals surface area contributed by atoms with E-state index in [1.165, 1.54) is 32.1 Å². The lowest BCUT2D eigenvalue weighted by Gasteiger charge is -2.15. The molecule has 0 aliphatic heterocycles. The van der Waals surface area contributed by atoms with Gasteiger partial charge in [-0.2, -0.15) is 0 Å². The average molecular weight is 342 g/mol. The number of benzene rings is 1. The van der Waals surface area contributed by atoms with E-state index in [2.05, 4.69) is 19.2 Å². The molecule has 0 aliphatic carbocycles. The zero-order valence-electron chi connectivity index (χ0n) is 14.9. The molecule has 0 saturated heterocycles. The minimum atomic E-state index is 0.604. The molecule has 0 heterocycles. The van der Waals surface area contributed by atoms with Gasteiger partial charge >= 0.3 is 0 Å². The molecule has 1 rings (SSSR count). The number of rotatable bonds is 13. The van der Waals surface area contributed by atoms with E-state index in [0.29, 0.717) is 24.0 Å². The fourth-order valence-corrected chi connectivity index (χ4v) is 2.70. The van der Waals surface area contributed by atoms with Crippen LogP contribution in [0.25, 0.3) is 0 Å². The topological polar surface area (TPSA) is 30.5 Å². The van der Waals surface area contributed by atoms with E-state index in [0.717, 1.165) is 30.8 Å². The maximum Gasteiger partial charge on any atom is 0.179 e. The second-order valence-electron chi connectivity index (χ2n) is 5.78. The van der Waals surface area contributed by atoms with Gasteiger partial charge in [-0.25, -0.2) is 0 Å². The smallest absolute Gasteiger partial charge is 0.179 e. The van der Waals surface area contributed by atoms with Crippen LogP contribution >= 0.6 is 11.6 Å². The SMILES string of the molecule is CCCCCCCNCc1cc(Cl)c(OCCC)c(OCC)c1. The van der Waals surface area contributed by atoms with Crippen LogP contribution in [0.5, 0.6) is 11.5 Å². The van der Waals surface area contributed by atoms with Crippen LogP contribution in [0.1, 0.15) is 64.9 Å². The van der Waals surface area contributed by atoms with Gasteiger partial charge in [-0.05, 0) is 44.0 Å². The van der Waals surface area contributed by atoms with Gasteiger partial charge in [0.15, 0.2) is 11.5 Å². The fraction of sp³-hybridized carbons (Fsp3) is 0.684. The molecule has 1 aromatic carbocycles. The molecule has 0 radical (unpaired) electrons. The Morgan fingerprint density at radius 3 is 2.43 bits per heavy atom. The normalized spacial score (nSPS) is 10.8. The highest BCUT2D eigenvalue weighted by molar-refractivity contribution is 6.32. The van der Waals surface area contributed by atoms with Crippen LogP contribution in [0.15, 0.2) is 12.1 Å². The summed E-state index contributed by atoms with van der Waals surface area (Å²) in [7, 11) is 0. The Labute approximate surface area is 146 Å². The van der Waals surface area contributed by atoms with Gasteiger partial charge < -0.3 is 14.8 Å². The van der Waals surface area contributed by atoms with Gasteiger partial charge in [-0.1, -0.05) is 51.1 Å². The molecule has 132 valence electrons. The minimum Gasteiger partial charge on any atom is -0.490 e. The molecule has 0 fully saturated rings. The quantitative estimate of drug-likeness (QED) is 0.474. The van der Waals surface area contributed by atoms with Crippen LogP contribution in [0.4, 0.5) is 0 Å². The number of ether oxygens (including phenoxy) is 2. The lowest BCUT2D eigenvalue weighted by atomic mass is 10.1. The maximum absolute atomic E-state index is 6.37. The van der Waals surface area contributed by atoms with Crippen LogP contribution in [-0.4, -0.2) is 19.8 Å². The molecule has 0 unspecified atom stereocenters. The molecule has 4 heteroatoms. The molecule has 1 N–H and O–H groups in total. The van der Waals surface area contributed by atoms with Crippen LogP contribution in [0.2, 0.25) is 5.02 Å². The summed E-state index contributed by atoms with van der Waals surface area (Å²) in [5, 5.41) is 4.11. The number of nitrogens with one attached hydrogen (secondary N) is 1. The third kappa shape index (κ3) is 7.94. The summed E-state index contributed by atoms with van der Waals surface area (Å²) in [6, 6.07) is 4.00. The Bertz CT molecular complexity index is 438. The van der Waals surface area contributed by atoms with Crippen LogP contribution in [-0.2, 0) is 6.54 Å². The summed E-state index contributed by atoms with van der Waals surface area (Å²) in [6.45, 7) is 9.39. The molecule has 3 nitrogen and oxygen atoms in total. The molecule has 0 spiro atoms. The molecule has 0 bridgehead atoms. The van der Waals surface area contributed by atoms with E-state index in [4.69, 9.17) is 21.1 Å². The third-order valence-electron chi connectivity index (χ3n) is 3.61. The summed E-state index contributed by atoms with van der Waals surface area (Å²) in [5.74, 6) is 1.41. The number of hydrogen-bond acceptors (Lipinski definition) is 3. The van der Waals surface area contributed by atoms with Crippen molar-refractivity contribution >= 4 is 11.6 Å². The first-order chi connectivity index (χ1) is 11.2. The van der Waals surface area contributed by atoms with Gasteiger partial charge in [0.2, 0.25) is 0 Å². The van der Waals surface area contributed by atoms with Gasteiger partial charge in [0.25, 0.3) is 0 Å². The third-order valence-corrected chi connectivity index (χ3v) is 3.89. The van der Waals surface area contributed by atoms with E-state index in [1.54, 1.807) is 0 Å². The molecular weight excluding hydrogens is 310 g/mol. The second-order valence-corrected chi connectivity index (χ2v) is 6.18. The van der Waals surface area contributed by atoms with Gasteiger partial charge in [0, 0.05) is 6.54 Å². The van der Waals surface area contributed by atoms with E-state index in [-0.39, 0.29) is 0 Å². The van der Waals surface area contributed by atoms with E-state index >= 15 is 0 Å². The van der Waals surface area contributed by atoms with Crippen molar-refractivity contribution in [1.29, 1.82) is 0 Å². The first-order valence-electron chi connectivity index (χ1n) is 9.01. The monoisotopic (exact) mass is 341 g/mol. The number of halogens is 1. The number of hydrogen-bond donors (Lipinski definition) is 1. The Morgan fingerprint density at radius 2 is 1.74 bits per heavy atom. The first-order valence-corrected chi connectivity index (χ1v) is 9.39. The van der Waals surface area contributed by atoms with Crippen molar-refractivity contribution in [3.63, 3.8) is 0 Å². The van der Waals surface area contributed by atoms with Gasteiger partial charge in [-0.15, -0.1) is 0 Å². The van der Waals surface area contributed by atoms with Crippen LogP contribution in [0, 0.1) is 0 Å². The second kappa shape index (κ2) is 12.5. The first kappa shape index (κ1) is 20.1. The lowest BCUT2D eigenvalue weighted by molar-refractivity contribution is 0.277. The van der Waals surface area contributed by atoms with Crippen LogP contribution < -0.4 is 14.8 Å². The fourth-order valence-electron chi connectivity index (χ4n) is 2.42. The summed E-state index contributed by atoms with van der Waals surface area (Å²) >= 11 is 6.37. The molecule has 0 amide bonds. The predicted octanol–water partition coefficient (Wildman–Crippen LogP) is 5.59. The highest BCUT2D eigenvalue weighted by Gasteiger charge is 2.12. The summed E-state index contributed by atoms with van der Waals surface area (Å²) in [4.78, 5) is 0. The Balaban J connectivity index is 2.52. The van der Waals surface area contributed by atoms with Crippen molar-refractivity contribution in [2.75, 3.05) is 19.8 Å². The highest BCUT2D eigenvalue weighted by Crippen LogP contribution is 2.36. The molecule has 0 atom stereocenters. The summed E-state index contributed by atoms with van der Waals surface area (Å²) in [5.41, 5.74) is 1.14. The maximum atomic E-state index is 6.37. The zero-order valence-corrected chi connectivity index (χ0v) is 15.7. The Hall–Kier alpha value is -0.930. The number of unbranched alkanes of at least 4 members (excludes halogenated alkanes) is 4. The Morgan fingerprint density at radius 1 is 0.957 bits per heavy atom. The highest BCUT2D eigenvalue weighted by atomic mass is 35.5. The van der Waals surface area contributed by atoms with E-state index in [9.17, 15) is 0 Å². The molecule has 23 heavy (non-hydrogen) atoms. The van der Waals surface area contributed by atoms with Crippen molar-refractivity contribution in [2.24, 2.45) is 0 Å². The van der Waals surface area contributed by atoms with Gasteiger partial charge in [0.05, 0.1) is 18.2 Å².